The zero-order valence-corrected chi connectivity index (χ0v) is 27.7. The number of nitrogens with one attached hydrogen (secondary N) is 1. The Bertz CT molecular complexity index is 1690. The van der Waals surface area contributed by atoms with E-state index >= 15 is 0 Å². The van der Waals surface area contributed by atoms with Crippen molar-refractivity contribution in [3.8, 4) is 17.1 Å². The summed E-state index contributed by atoms with van der Waals surface area (Å²) >= 11 is 0. The second-order valence-electron chi connectivity index (χ2n) is 12.2. The van der Waals surface area contributed by atoms with Crippen LogP contribution in [0.1, 0.15) is 60.5 Å². The fourth-order valence-corrected chi connectivity index (χ4v) is 6.98. The predicted molar refractivity (Wildman–Crippen MR) is 170 cm³/mol. The van der Waals surface area contributed by atoms with Gasteiger partial charge in [0.1, 0.15) is 6.61 Å². The number of unbranched alkanes of at least 4 members (excludes halogenated alkanes) is 1. The fraction of sp³-hybridized carbons (Fsp3) is 0.485. The largest absolute Gasteiger partial charge is 0.475 e. The molecular weight excluding hydrogens is 635 g/mol. The third kappa shape index (κ3) is 7.54. The number of ether oxygens (including phenoxy) is 2. The summed E-state index contributed by atoms with van der Waals surface area (Å²) in [7, 11) is -2.80. The number of carbonyl (C=O) groups is 1. The molecule has 3 aromatic rings. The molecule has 47 heavy (non-hydrogen) atoms. The number of hydrogen-bond donors (Lipinski definition) is 1. The molecule has 2 heterocycles. The van der Waals surface area contributed by atoms with Gasteiger partial charge in [0.25, 0.3) is 15.9 Å². The first kappa shape index (κ1) is 34.6. The lowest BCUT2D eigenvalue weighted by atomic mass is 9.95. The third-order valence-electron chi connectivity index (χ3n) is 8.74. The van der Waals surface area contributed by atoms with Crippen LogP contribution in [0.4, 0.5) is 19.1 Å². The lowest BCUT2D eigenvalue weighted by molar-refractivity contribution is -0.196. The molecule has 254 valence electrons. The first-order chi connectivity index (χ1) is 22.3. The maximum absolute atomic E-state index is 14.5. The number of fused-ring (bicyclic) bond motifs is 4. The standard InChI is InChI=1S/C33H40F3N5O5S/c1-5-6-15-40(16-17-45-4)41-25(20-32(13-14-32)33(34,35)36)21-46-28-19-27(29-22(2)9-7-10-23(29)3)37-31(38-28)39-47(43,44)26-12-8-11-24(18-26)30(41)42/h7-12,18-19,25H,5-6,13-17,20-21H2,1-4H3,(H,37,38,39)/t25-/m1/s1. The number of halogens is 3. The number of aryl methyl sites for hydroxylation is 2. The van der Waals surface area contributed by atoms with Crippen molar-refractivity contribution in [1.29, 1.82) is 0 Å². The van der Waals surface area contributed by atoms with E-state index in [2.05, 4.69) is 14.7 Å². The zero-order valence-electron chi connectivity index (χ0n) is 26.9. The van der Waals surface area contributed by atoms with Crippen molar-refractivity contribution in [1.82, 2.24) is 20.0 Å². The number of carbonyl (C=O) groups excluding carboxylic acids is 1. The van der Waals surface area contributed by atoms with Gasteiger partial charge in [0.15, 0.2) is 0 Å². The van der Waals surface area contributed by atoms with E-state index in [1.807, 2.05) is 39.0 Å². The number of hydrogen-bond acceptors (Lipinski definition) is 8. The van der Waals surface area contributed by atoms with Crippen LogP contribution in [0, 0.1) is 19.3 Å². The van der Waals surface area contributed by atoms with Gasteiger partial charge in [0.05, 0.1) is 28.7 Å². The Kier molecular flexibility index (Phi) is 10.1. The van der Waals surface area contributed by atoms with E-state index < -0.39 is 40.0 Å². The van der Waals surface area contributed by atoms with E-state index in [1.54, 1.807) is 5.01 Å². The summed E-state index contributed by atoms with van der Waals surface area (Å²) in [4.78, 5) is 23.0. The van der Waals surface area contributed by atoms with E-state index in [1.165, 1.54) is 42.5 Å². The second kappa shape index (κ2) is 13.8. The molecule has 2 aliphatic rings. The molecule has 1 amide bonds. The Balaban J connectivity index is 1.70. The molecule has 4 bridgehead atoms. The molecule has 1 saturated carbocycles. The Hall–Kier alpha value is -3.75. The molecule has 1 aliphatic carbocycles. The zero-order chi connectivity index (χ0) is 34.0. The van der Waals surface area contributed by atoms with Gasteiger partial charge in [-0.15, -0.1) is 0 Å². The quantitative estimate of drug-likeness (QED) is 0.272. The van der Waals surface area contributed by atoms with Crippen molar-refractivity contribution in [2.24, 2.45) is 5.41 Å². The lowest BCUT2D eigenvalue weighted by Crippen LogP contribution is -2.56. The summed E-state index contributed by atoms with van der Waals surface area (Å²) in [6, 6.07) is 11.5. The van der Waals surface area contributed by atoms with Crippen molar-refractivity contribution in [3.05, 3.63) is 65.2 Å². The maximum Gasteiger partial charge on any atom is 0.394 e. The van der Waals surface area contributed by atoms with Crippen molar-refractivity contribution in [2.75, 3.05) is 38.1 Å². The highest BCUT2D eigenvalue weighted by Gasteiger charge is 2.64. The molecule has 0 saturated heterocycles. The van der Waals surface area contributed by atoms with Crippen molar-refractivity contribution in [2.45, 2.75) is 70.0 Å². The Labute approximate surface area is 273 Å². The molecule has 1 aliphatic heterocycles. The monoisotopic (exact) mass is 675 g/mol. The van der Waals surface area contributed by atoms with E-state index in [9.17, 15) is 26.4 Å². The molecule has 1 N–H and O–H groups in total. The minimum Gasteiger partial charge on any atom is -0.475 e. The Morgan fingerprint density at radius 1 is 1.09 bits per heavy atom. The van der Waals surface area contributed by atoms with Crippen LogP contribution >= 0.6 is 0 Å². The van der Waals surface area contributed by atoms with Crippen LogP contribution in [0.2, 0.25) is 0 Å². The average Bonchev–Trinajstić information content (AvgIpc) is 3.81. The fourth-order valence-electron chi connectivity index (χ4n) is 5.99. The molecule has 1 aromatic heterocycles. The van der Waals surface area contributed by atoms with E-state index in [-0.39, 0.29) is 54.9 Å². The second-order valence-corrected chi connectivity index (χ2v) is 13.9. The first-order valence-corrected chi connectivity index (χ1v) is 17.1. The molecule has 0 unspecified atom stereocenters. The highest BCUT2D eigenvalue weighted by atomic mass is 32.2. The number of aromatic nitrogens is 2. The molecule has 2 aromatic carbocycles. The van der Waals surface area contributed by atoms with Gasteiger partial charge >= 0.3 is 6.18 Å². The molecule has 10 nitrogen and oxygen atoms in total. The molecule has 5 rings (SSSR count). The first-order valence-electron chi connectivity index (χ1n) is 15.6. The van der Waals surface area contributed by atoms with Gasteiger partial charge in [0.2, 0.25) is 11.8 Å². The van der Waals surface area contributed by atoms with Gasteiger partial charge in [-0.2, -0.15) is 18.2 Å². The average molecular weight is 676 g/mol. The summed E-state index contributed by atoms with van der Waals surface area (Å²) < 4.78 is 84.5. The normalized spacial score (nSPS) is 18.9. The van der Waals surface area contributed by atoms with Gasteiger partial charge in [-0.05, 0) is 68.9 Å². The van der Waals surface area contributed by atoms with Crippen LogP contribution in [-0.4, -0.2) is 79.9 Å². The number of benzene rings is 2. The van der Waals surface area contributed by atoms with E-state index in [4.69, 9.17) is 9.47 Å². The molecule has 1 atom stereocenters. The topological polar surface area (TPSA) is 114 Å². The molecule has 0 spiro atoms. The minimum absolute atomic E-state index is 0.00301. The van der Waals surface area contributed by atoms with E-state index in [0.717, 1.165) is 23.1 Å². The number of sulfonamides is 1. The highest BCUT2D eigenvalue weighted by molar-refractivity contribution is 7.92. The number of methoxy groups -OCH3 is 1. The van der Waals surface area contributed by atoms with Gasteiger partial charge in [-0.3, -0.25) is 9.80 Å². The maximum atomic E-state index is 14.5. The van der Waals surface area contributed by atoms with Crippen molar-refractivity contribution in [3.63, 3.8) is 0 Å². The summed E-state index contributed by atoms with van der Waals surface area (Å²) in [5, 5.41) is 3.02. The summed E-state index contributed by atoms with van der Waals surface area (Å²) in [5.41, 5.74) is 0.868. The summed E-state index contributed by atoms with van der Waals surface area (Å²) in [6.45, 7) is 6.19. The van der Waals surface area contributed by atoms with Crippen LogP contribution in [0.25, 0.3) is 11.3 Å². The van der Waals surface area contributed by atoms with Crippen molar-refractivity contribution >= 4 is 21.9 Å². The summed E-state index contributed by atoms with van der Waals surface area (Å²) in [5.74, 6) is -0.968. The van der Waals surface area contributed by atoms with Gasteiger partial charge in [-0.1, -0.05) is 37.6 Å². The van der Waals surface area contributed by atoms with Gasteiger partial charge in [0, 0.05) is 37.4 Å². The lowest BCUT2D eigenvalue weighted by Gasteiger charge is -2.42. The van der Waals surface area contributed by atoms with Crippen molar-refractivity contribution < 1.29 is 35.9 Å². The van der Waals surface area contributed by atoms with Gasteiger partial charge in [-0.25, -0.2) is 23.1 Å². The molecule has 0 radical (unpaired) electrons. The van der Waals surface area contributed by atoms with Crippen LogP contribution in [0.15, 0.2) is 53.4 Å². The highest BCUT2D eigenvalue weighted by Crippen LogP contribution is 2.61. The molecule has 1 fully saturated rings. The number of nitrogens with zero attached hydrogens (tertiary/aromatic N) is 4. The van der Waals surface area contributed by atoms with Crippen LogP contribution in [-0.2, 0) is 14.8 Å². The Morgan fingerprint density at radius 2 is 1.79 bits per heavy atom. The third-order valence-corrected chi connectivity index (χ3v) is 10.1. The number of hydrazine groups is 1. The molecular formula is C33H40F3N5O5S. The Morgan fingerprint density at radius 3 is 2.43 bits per heavy atom. The van der Waals surface area contributed by atoms with Crippen LogP contribution < -0.4 is 9.46 Å². The minimum atomic E-state index is -4.49. The smallest absolute Gasteiger partial charge is 0.394 e. The van der Waals surface area contributed by atoms with Gasteiger partial charge < -0.3 is 9.47 Å². The van der Waals surface area contributed by atoms with Crippen LogP contribution in [0.3, 0.4) is 0 Å². The molecule has 14 heteroatoms. The number of amides is 1. The number of anilines is 1. The predicted octanol–water partition coefficient (Wildman–Crippen LogP) is 6.16. The SMILES string of the molecule is CCCCN(CCOC)N1C(=O)c2cccc(c2)S(=O)(=O)Nc2nc(cc(-c3c(C)cccc3C)n2)OC[C@H]1CC1(C(F)(F)F)CC1. The number of alkyl halides is 3. The number of rotatable bonds is 10. The summed E-state index contributed by atoms with van der Waals surface area (Å²) in [6.07, 6.45) is -3.60. The van der Waals surface area contributed by atoms with Crippen LogP contribution in [0.5, 0.6) is 5.88 Å². The van der Waals surface area contributed by atoms with E-state index in [0.29, 0.717) is 18.7 Å².